The van der Waals surface area contributed by atoms with Crippen molar-refractivity contribution in [3.05, 3.63) is 23.8 Å². The second kappa shape index (κ2) is 9.06. The Bertz CT molecular complexity index is 314. The van der Waals surface area contributed by atoms with Crippen LogP contribution in [0.2, 0.25) is 0 Å². The molecule has 0 radical (unpaired) electrons. The molecule has 0 aromatic carbocycles. The van der Waals surface area contributed by atoms with Crippen molar-refractivity contribution in [2.45, 2.75) is 40.2 Å². The van der Waals surface area contributed by atoms with Crippen LogP contribution < -0.4 is 0 Å². The standard InChI is InChI=1S/C15H27NO2/c1-7-12(4)14(8-9-18-6)15(13(5)10-17)16-11(2)3/h7,14-15,17H,5,8-10H2,1-4,6H3/b12-7+. The van der Waals surface area contributed by atoms with Crippen molar-refractivity contribution in [1.82, 2.24) is 0 Å². The number of aliphatic hydroxyl groups is 1. The molecule has 0 aromatic heterocycles. The molecule has 3 nitrogen and oxygen atoms in total. The average molecular weight is 253 g/mol. The van der Waals surface area contributed by atoms with Crippen LogP contribution in [0.4, 0.5) is 0 Å². The van der Waals surface area contributed by atoms with E-state index in [2.05, 4.69) is 24.6 Å². The van der Waals surface area contributed by atoms with E-state index in [-0.39, 0.29) is 18.6 Å². The van der Waals surface area contributed by atoms with Crippen molar-refractivity contribution < 1.29 is 9.84 Å². The fraction of sp³-hybridized carbons (Fsp3) is 0.667. The highest BCUT2D eigenvalue weighted by atomic mass is 16.5. The van der Waals surface area contributed by atoms with Gasteiger partial charge in [-0.3, -0.25) is 4.99 Å². The molecule has 0 amide bonds. The molecule has 104 valence electrons. The van der Waals surface area contributed by atoms with Gasteiger partial charge in [-0.05, 0) is 39.7 Å². The highest BCUT2D eigenvalue weighted by molar-refractivity contribution is 5.79. The summed E-state index contributed by atoms with van der Waals surface area (Å²) in [7, 11) is 1.70. The Balaban J connectivity index is 5.19. The number of allylic oxidation sites excluding steroid dienone is 1. The number of aliphatic hydroxyl groups excluding tert-OH is 1. The molecule has 2 unspecified atom stereocenters. The van der Waals surface area contributed by atoms with Crippen LogP contribution in [-0.2, 0) is 4.74 Å². The third-order valence-corrected chi connectivity index (χ3v) is 3.07. The van der Waals surface area contributed by atoms with Gasteiger partial charge in [0.15, 0.2) is 0 Å². The molecule has 0 aromatic rings. The molecular weight excluding hydrogens is 226 g/mol. The topological polar surface area (TPSA) is 41.8 Å². The lowest BCUT2D eigenvalue weighted by molar-refractivity contribution is 0.178. The minimum absolute atomic E-state index is 0.0259. The molecule has 0 fully saturated rings. The third kappa shape index (κ3) is 5.61. The second-order valence-electron chi connectivity index (χ2n) is 4.76. The lowest BCUT2D eigenvalue weighted by atomic mass is 9.85. The summed E-state index contributed by atoms with van der Waals surface area (Å²) >= 11 is 0. The highest BCUT2D eigenvalue weighted by Crippen LogP contribution is 2.26. The van der Waals surface area contributed by atoms with Gasteiger partial charge in [-0.2, -0.15) is 0 Å². The molecule has 2 atom stereocenters. The van der Waals surface area contributed by atoms with Gasteiger partial charge in [-0.15, -0.1) is 0 Å². The smallest absolute Gasteiger partial charge is 0.0793 e. The molecule has 0 aliphatic rings. The lowest BCUT2D eigenvalue weighted by Gasteiger charge is -2.26. The van der Waals surface area contributed by atoms with Gasteiger partial charge in [0.1, 0.15) is 0 Å². The maximum Gasteiger partial charge on any atom is 0.0793 e. The van der Waals surface area contributed by atoms with Gasteiger partial charge < -0.3 is 9.84 Å². The Labute approximate surface area is 111 Å². The zero-order valence-corrected chi connectivity index (χ0v) is 12.4. The molecule has 0 aliphatic heterocycles. The van der Waals surface area contributed by atoms with Crippen molar-refractivity contribution in [2.24, 2.45) is 10.9 Å². The van der Waals surface area contributed by atoms with Gasteiger partial charge >= 0.3 is 0 Å². The fourth-order valence-corrected chi connectivity index (χ4v) is 1.93. The van der Waals surface area contributed by atoms with Gasteiger partial charge in [0.25, 0.3) is 0 Å². The van der Waals surface area contributed by atoms with Crippen LogP contribution in [0.5, 0.6) is 0 Å². The maximum atomic E-state index is 9.33. The van der Waals surface area contributed by atoms with Gasteiger partial charge in [0.2, 0.25) is 0 Å². The molecule has 0 heterocycles. The quantitative estimate of drug-likeness (QED) is 0.533. The first kappa shape index (κ1) is 17.1. The van der Waals surface area contributed by atoms with E-state index in [0.717, 1.165) is 17.7 Å². The number of rotatable bonds is 8. The van der Waals surface area contributed by atoms with Gasteiger partial charge in [-0.1, -0.05) is 18.2 Å². The maximum absolute atomic E-state index is 9.33. The normalized spacial score (nSPS) is 15.1. The molecule has 0 aliphatic carbocycles. The Morgan fingerprint density at radius 2 is 2.00 bits per heavy atom. The van der Waals surface area contributed by atoms with Crippen molar-refractivity contribution >= 4 is 5.71 Å². The summed E-state index contributed by atoms with van der Waals surface area (Å²) in [6.45, 7) is 12.7. The van der Waals surface area contributed by atoms with Crippen LogP contribution in [0.3, 0.4) is 0 Å². The van der Waals surface area contributed by atoms with E-state index in [9.17, 15) is 5.11 Å². The highest BCUT2D eigenvalue weighted by Gasteiger charge is 2.24. The Morgan fingerprint density at radius 1 is 1.39 bits per heavy atom. The van der Waals surface area contributed by atoms with Crippen LogP contribution in [-0.4, -0.2) is 37.2 Å². The van der Waals surface area contributed by atoms with Crippen molar-refractivity contribution in [2.75, 3.05) is 20.3 Å². The monoisotopic (exact) mass is 253 g/mol. The predicted molar refractivity (Wildman–Crippen MR) is 78.2 cm³/mol. The number of nitrogens with zero attached hydrogens (tertiary/aromatic N) is 1. The number of methoxy groups -OCH3 is 1. The molecule has 0 saturated carbocycles. The SMILES string of the molecule is C=C(CO)C(N=C(C)C)C(CCOC)/C(C)=C/C. The van der Waals surface area contributed by atoms with Crippen LogP contribution in [0.25, 0.3) is 0 Å². The molecule has 1 N–H and O–H groups in total. The summed E-state index contributed by atoms with van der Waals surface area (Å²) in [6, 6.07) is -0.0636. The van der Waals surface area contributed by atoms with E-state index < -0.39 is 0 Å². The summed E-state index contributed by atoms with van der Waals surface area (Å²) < 4.78 is 5.17. The van der Waals surface area contributed by atoms with Crippen LogP contribution in [0.1, 0.15) is 34.1 Å². The van der Waals surface area contributed by atoms with E-state index in [4.69, 9.17) is 4.74 Å². The molecule has 3 heteroatoms. The van der Waals surface area contributed by atoms with E-state index in [1.165, 1.54) is 5.57 Å². The fourth-order valence-electron chi connectivity index (χ4n) is 1.93. The number of ether oxygens (including phenoxy) is 1. The first-order valence-corrected chi connectivity index (χ1v) is 6.39. The van der Waals surface area contributed by atoms with Gasteiger partial charge in [0.05, 0.1) is 12.6 Å². The van der Waals surface area contributed by atoms with Gasteiger partial charge in [-0.25, -0.2) is 0 Å². The summed E-state index contributed by atoms with van der Waals surface area (Å²) in [5.74, 6) is 0.240. The van der Waals surface area contributed by atoms with E-state index in [1.54, 1.807) is 7.11 Å². The average Bonchev–Trinajstić information content (AvgIpc) is 2.35. The summed E-state index contributed by atoms with van der Waals surface area (Å²) in [5, 5.41) is 9.33. The first-order chi connectivity index (χ1) is 8.47. The van der Waals surface area contributed by atoms with E-state index in [1.807, 2.05) is 20.8 Å². The summed E-state index contributed by atoms with van der Waals surface area (Å²) in [5.41, 5.74) is 3.02. The van der Waals surface area contributed by atoms with Crippen molar-refractivity contribution in [3.8, 4) is 0 Å². The van der Waals surface area contributed by atoms with Crippen molar-refractivity contribution in [1.29, 1.82) is 0 Å². The largest absolute Gasteiger partial charge is 0.392 e. The van der Waals surface area contributed by atoms with E-state index in [0.29, 0.717) is 6.61 Å². The second-order valence-corrected chi connectivity index (χ2v) is 4.76. The Hall–Kier alpha value is -0.930. The molecule has 0 rings (SSSR count). The summed E-state index contributed by atoms with van der Waals surface area (Å²) in [6.07, 6.45) is 2.98. The minimum Gasteiger partial charge on any atom is -0.392 e. The number of hydrogen-bond donors (Lipinski definition) is 1. The predicted octanol–water partition coefficient (Wildman–Crippen LogP) is 3.00. The van der Waals surface area contributed by atoms with Crippen LogP contribution >= 0.6 is 0 Å². The van der Waals surface area contributed by atoms with Crippen LogP contribution in [0, 0.1) is 5.92 Å². The molecule has 0 spiro atoms. The summed E-state index contributed by atoms with van der Waals surface area (Å²) in [4.78, 5) is 4.63. The van der Waals surface area contributed by atoms with Crippen molar-refractivity contribution in [3.63, 3.8) is 0 Å². The molecule has 0 saturated heterocycles. The molecule has 18 heavy (non-hydrogen) atoms. The Morgan fingerprint density at radius 3 is 2.39 bits per heavy atom. The Kier molecular flexibility index (Phi) is 8.59. The first-order valence-electron chi connectivity index (χ1n) is 6.39. The minimum atomic E-state index is -0.0636. The number of hydrogen-bond acceptors (Lipinski definition) is 3. The molecular formula is C15H27NO2. The van der Waals surface area contributed by atoms with E-state index >= 15 is 0 Å². The zero-order chi connectivity index (χ0) is 14.1. The zero-order valence-electron chi connectivity index (χ0n) is 12.4. The van der Waals surface area contributed by atoms with Crippen LogP contribution in [0.15, 0.2) is 28.8 Å². The van der Waals surface area contributed by atoms with Gasteiger partial charge in [0, 0.05) is 25.3 Å². The number of aliphatic imine (C=N–C) groups is 1. The molecule has 0 bridgehead atoms. The third-order valence-electron chi connectivity index (χ3n) is 3.07. The lowest BCUT2D eigenvalue weighted by Crippen LogP contribution is -2.25.